The number of nitrogens with one attached hydrogen (secondary N) is 1. The first-order chi connectivity index (χ1) is 6.65. The summed E-state index contributed by atoms with van der Waals surface area (Å²) in [7, 11) is 2.08. The molecule has 1 N–H and O–H groups in total. The lowest BCUT2D eigenvalue weighted by molar-refractivity contribution is 0.348. The van der Waals surface area contributed by atoms with E-state index in [4.69, 9.17) is 12.2 Å². The van der Waals surface area contributed by atoms with Crippen LogP contribution in [0.1, 0.15) is 13.3 Å². The van der Waals surface area contributed by atoms with E-state index in [1.54, 1.807) is 6.07 Å². The second kappa shape index (κ2) is 5.22. The van der Waals surface area contributed by atoms with Gasteiger partial charge >= 0.3 is 0 Å². The van der Waals surface area contributed by atoms with Gasteiger partial charge in [-0.1, -0.05) is 19.1 Å². The maximum atomic E-state index is 11.1. The Kier molecular flexibility index (Phi) is 4.22. The summed E-state index contributed by atoms with van der Waals surface area (Å²) in [6.45, 7) is 5.00. The van der Waals surface area contributed by atoms with E-state index >= 15 is 0 Å². The van der Waals surface area contributed by atoms with E-state index in [9.17, 15) is 4.79 Å². The van der Waals surface area contributed by atoms with Crippen molar-refractivity contribution in [1.29, 1.82) is 0 Å². The molecule has 14 heavy (non-hydrogen) atoms. The highest BCUT2D eigenvalue weighted by Crippen LogP contribution is 2.02. The first kappa shape index (κ1) is 11.3. The highest BCUT2D eigenvalue weighted by molar-refractivity contribution is 7.71. The van der Waals surface area contributed by atoms with Crippen LogP contribution in [0.15, 0.2) is 10.9 Å². The fraction of sp³-hybridized carbons (Fsp3) is 0.600. The predicted molar refractivity (Wildman–Crippen MR) is 62.2 cm³/mol. The van der Waals surface area contributed by atoms with Crippen LogP contribution in [0.2, 0.25) is 0 Å². The van der Waals surface area contributed by atoms with Gasteiger partial charge in [0, 0.05) is 13.1 Å². The molecular weight excluding hydrogens is 196 g/mol. The maximum absolute atomic E-state index is 11.1. The molecule has 3 nitrogen and oxygen atoms in total. The lowest BCUT2D eigenvalue weighted by atomic mass is 10.2. The normalized spacial score (nSPS) is 11.1. The smallest absolute Gasteiger partial charge is 0.219 e. The first-order valence-electron chi connectivity index (χ1n) is 4.88. The highest BCUT2D eigenvalue weighted by atomic mass is 32.1. The molecule has 1 rings (SSSR count). The van der Waals surface area contributed by atoms with Crippen molar-refractivity contribution in [2.24, 2.45) is 0 Å². The number of hydrogen-bond acceptors (Lipinski definition) is 4. The molecule has 0 saturated heterocycles. The molecule has 0 fully saturated rings. The minimum Gasteiger partial charge on any atom is -0.381 e. The van der Waals surface area contributed by atoms with E-state index < -0.39 is 0 Å². The summed E-state index contributed by atoms with van der Waals surface area (Å²) in [4.78, 5) is 13.3. The molecule has 0 heterocycles. The second-order valence-corrected chi connectivity index (χ2v) is 3.92. The van der Waals surface area contributed by atoms with Gasteiger partial charge in [-0.25, -0.2) is 0 Å². The van der Waals surface area contributed by atoms with Crippen molar-refractivity contribution in [2.75, 3.05) is 32.0 Å². The molecule has 0 saturated carbocycles. The monoisotopic (exact) mass is 212 g/mol. The lowest BCUT2D eigenvalue weighted by Crippen LogP contribution is -2.27. The molecule has 4 heteroatoms. The van der Waals surface area contributed by atoms with E-state index in [2.05, 4.69) is 24.2 Å². The molecule has 0 unspecified atom stereocenters. The van der Waals surface area contributed by atoms with Crippen LogP contribution in [-0.4, -0.2) is 31.6 Å². The van der Waals surface area contributed by atoms with Crippen LogP contribution in [0, 0.1) is 4.51 Å². The molecule has 0 bridgehead atoms. The lowest BCUT2D eigenvalue weighted by Gasteiger charge is -2.16. The minimum absolute atomic E-state index is 0.0156. The Labute approximate surface area is 89.4 Å². The van der Waals surface area contributed by atoms with Gasteiger partial charge in [0.15, 0.2) is 0 Å². The van der Waals surface area contributed by atoms with Crippen molar-refractivity contribution in [3.05, 3.63) is 20.8 Å². The number of anilines is 1. The van der Waals surface area contributed by atoms with Crippen molar-refractivity contribution in [3.8, 4) is 0 Å². The third-order valence-electron chi connectivity index (χ3n) is 2.16. The molecule has 0 atom stereocenters. The Morgan fingerprint density at radius 2 is 2.21 bits per heavy atom. The van der Waals surface area contributed by atoms with Gasteiger partial charge in [-0.2, -0.15) is 0 Å². The number of nitrogens with zero attached hydrogens (tertiary/aromatic N) is 1. The first-order valence-corrected chi connectivity index (χ1v) is 5.28. The summed E-state index contributed by atoms with van der Waals surface area (Å²) in [5.74, 6) is 0. The Hall–Kier alpha value is -0.740. The van der Waals surface area contributed by atoms with E-state index in [0.29, 0.717) is 10.2 Å². The summed E-state index contributed by atoms with van der Waals surface area (Å²) in [5, 5.41) is 3.07. The zero-order valence-corrected chi connectivity index (χ0v) is 9.49. The van der Waals surface area contributed by atoms with Crippen LogP contribution in [0.3, 0.4) is 0 Å². The van der Waals surface area contributed by atoms with Crippen molar-refractivity contribution in [2.45, 2.75) is 13.3 Å². The van der Waals surface area contributed by atoms with Gasteiger partial charge in [0.1, 0.15) is 0 Å². The van der Waals surface area contributed by atoms with Gasteiger partial charge in [-0.3, -0.25) is 4.79 Å². The average Bonchev–Trinajstić information content (AvgIpc) is 2.16. The van der Waals surface area contributed by atoms with Crippen molar-refractivity contribution < 1.29 is 0 Å². The molecule has 0 aliphatic heterocycles. The van der Waals surface area contributed by atoms with Crippen LogP contribution >= 0.6 is 12.2 Å². The van der Waals surface area contributed by atoms with Gasteiger partial charge in [0.25, 0.3) is 0 Å². The molecule has 0 amide bonds. The standard InChI is InChI=1S/C10H16N2OS/c1-3-5-12(2)6-4-11-8-7-9(14)10(8)13/h7,11H,3-6H2,1-2H3. The van der Waals surface area contributed by atoms with Crippen molar-refractivity contribution >= 4 is 17.9 Å². The minimum atomic E-state index is -0.0156. The van der Waals surface area contributed by atoms with Gasteiger partial charge in [0.05, 0.1) is 10.2 Å². The molecular formula is C10H16N2OS. The van der Waals surface area contributed by atoms with Gasteiger partial charge < -0.3 is 10.2 Å². The Morgan fingerprint density at radius 1 is 1.50 bits per heavy atom. The largest absolute Gasteiger partial charge is 0.381 e. The number of hydrogen-bond donors (Lipinski definition) is 1. The fourth-order valence-electron chi connectivity index (χ4n) is 1.32. The van der Waals surface area contributed by atoms with E-state index in [1.807, 2.05) is 0 Å². The molecule has 0 spiro atoms. The molecule has 78 valence electrons. The summed E-state index contributed by atoms with van der Waals surface area (Å²) in [6, 6.07) is 1.72. The van der Waals surface area contributed by atoms with Gasteiger partial charge in [-0.15, -0.1) is 0 Å². The predicted octanol–water partition coefficient (Wildman–Crippen LogP) is 1.41. The van der Waals surface area contributed by atoms with Gasteiger partial charge in [0.2, 0.25) is 5.43 Å². The van der Waals surface area contributed by atoms with Crippen LogP contribution in [0.25, 0.3) is 0 Å². The zero-order chi connectivity index (χ0) is 10.6. The number of likely N-dealkylation sites (N-methyl/N-ethyl adjacent to an activating group) is 1. The van der Waals surface area contributed by atoms with Crippen LogP contribution in [0.4, 0.5) is 5.69 Å². The SMILES string of the molecule is CCCN(C)CCNc1cc(=S)c1=O. The van der Waals surface area contributed by atoms with E-state index in [-0.39, 0.29) is 5.43 Å². The average molecular weight is 212 g/mol. The Balaban J connectivity index is 2.20. The summed E-state index contributed by atoms with van der Waals surface area (Å²) in [6.07, 6.45) is 1.15. The summed E-state index contributed by atoms with van der Waals surface area (Å²) < 4.78 is 0.439. The third kappa shape index (κ3) is 2.89. The fourth-order valence-corrected chi connectivity index (χ4v) is 1.55. The van der Waals surface area contributed by atoms with Crippen LogP contribution < -0.4 is 10.7 Å². The van der Waals surface area contributed by atoms with Crippen LogP contribution in [-0.2, 0) is 0 Å². The Bertz CT molecular complexity index is 355. The Morgan fingerprint density at radius 3 is 2.71 bits per heavy atom. The molecule has 0 radical (unpaired) electrons. The number of rotatable bonds is 6. The highest BCUT2D eigenvalue weighted by Gasteiger charge is 2.05. The topological polar surface area (TPSA) is 32.3 Å². The molecule has 0 aliphatic carbocycles. The molecule has 1 aromatic rings. The summed E-state index contributed by atoms with van der Waals surface area (Å²) >= 11 is 4.75. The van der Waals surface area contributed by atoms with Crippen LogP contribution in [0.5, 0.6) is 0 Å². The van der Waals surface area contributed by atoms with Gasteiger partial charge in [-0.05, 0) is 26.1 Å². The second-order valence-electron chi connectivity index (χ2n) is 3.48. The summed E-state index contributed by atoms with van der Waals surface area (Å²) in [5.41, 5.74) is 0.651. The molecule has 1 aromatic carbocycles. The quantitative estimate of drug-likeness (QED) is 0.723. The molecule has 0 aliphatic rings. The maximum Gasteiger partial charge on any atom is 0.219 e. The van der Waals surface area contributed by atoms with Crippen molar-refractivity contribution in [3.63, 3.8) is 0 Å². The molecule has 0 aromatic heterocycles. The van der Waals surface area contributed by atoms with E-state index in [1.165, 1.54) is 0 Å². The van der Waals surface area contributed by atoms with E-state index in [0.717, 1.165) is 26.1 Å². The zero-order valence-electron chi connectivity index (χ0n) is 8.67. The van der Waals surface area contributed by atoms with Crippen molar-refractivity contribution in [1.82, 2.24) is 4.90 Å². The third-order valence-corrected chi connectivity index (χ3v) is 2.46.